The molecule has 0 radical (unpaired) electrons. The quantitative estimate of drug-likeness (QED) is 0.750. The summed E-state index contributed by atoms with van der Waals surface area (Å²) in [6, 6.07) is 11.1. The lowest BCUT2D eigenvalue weighted by molar-refractivity contribution is 0.0997. The second kappa shape index (κ2) is 3.77. The van der Waals surface area contributed by atoms with Gasteiger partial charge >= 0.3 is 0 Å². The van der Waals surface area contributed by atoms with Gasteiger partial charge in [-0.1, -0.05) is 18.2 Å². The van der Waals surface area contributed by atoms with Crippen LogP contribution in [0.25, 0.3) is 21.9 Å². The number of ether oxygens (including phenoxy) is 1. The molecule has 4 nitrogen and oxygen atoms in total. The molecule has 0 fully saturated rings. The van der Waals surface area contributed by atoms with Crippen molar-refractivity contribution in [3.63, 3.8) is 0 Å². The van der Waals surface area contributed by atoms with E-state index >= 15 is 0 Å². The van der Waals surface area contributed by atoms with E-state index in [9.17, 15) is 4.79 Å². The van der Waals surface area contributed by atoms with Crippen LogP contribution in [0, 0.1) is 0 Å². The molecule has 1 heterocycles. The van der Waals surface area contributed by atoms with Gasteiger partial charge in [0.2, 0.25) is 0 Å². The lowest BCUT2D eigenvalue weighted by atomic mass is 10.1. The highest BCUT2D eigenvalue weighted by Gasteiger charge is 2.14. The van der Waals surface area contributed by atoms with Crippen molar-refractivity contribution in [2.24, 2.45) is 5.73 Å². The maximum atomic E-state index is 11.3. The standard InChI is InChI=1S/C14H11NO3/c1-17-12-6-9-8-4-2-3-5-11(8)18-13(9)7-10(12)14(15)16/h2-7H,1H3,(H2,15,16). The molecule has 3 aromatic rings. The van der Waals surface area contributed by atoms with Crippen LogP contribution in [0.3, 0.4) is 0 Å². The Labute approximate surface area is 103 Å². The molecule has 18 heavy (non-hydrogen) atoms. The zero-order chi connectivity index (χ0) is 12.7. The Morgan fingerprint density at radius 3 is 2.67 bits per heavy atom. The summed E-state index contributed by atoms with van der Waals surface area (Å²) >= 11 is 0. The van der Waals surface area contributed by atoms with Gasteiger partial charge < -0.3 is 14.9 Å². The summed E-state index contributed by atoms with van der Waals surface area (Å²) < 4.78 is 10.9. The van der Waals surface area contributed by atoms with Gasteiger partial charge in [-0.05, 0) is 18.2 Å². The fourth-order valence-electron chi connectivity index (χ4n) is 2.11. The van der Waals surface area contributed by atoms with E-state index in [1.807, 2.05) is 24.3 Å². The molecule has 0 aliphatic carbocycles. The minimum absolute atomic E-state index is 0.323. The molecule has 90 valence electrons. The highest BCUT2D eigenvalue weighted by Crippen LogP contribution is 2.33. The molecular weight excluding hydrogens is 230 g/mol. The zero-order valence-electron chi connectivity index (χ0n) is 9.77. The molecule has 0 aliphatic rings. The molecule has 2 N–H and O–H groups in total. The van der Waals surface area contributed by atoms with Crippen LogP contribution in [0.1, 0.15) is 10.4 Å². The summed E-state index contributed by atoms with van der Waals surface area (Å²) in [5.74, 6) is -0.0734. The Hall–Kier alpha value is -2.49. The van der Waals surface area contributed by atoms with Gasteiger partial charge in [0.15, 0.2) is 0 Å². The van der Waals surface area contributed by atoms with Crippen LogP contribution >= 0.6 is 0 Å². The number of benzene rings is 2. The van der Waals surface area contributed by atoms with Crippen molar-refractivity contribution in [2.45, 2.75) is 0 Å². The molecule has 4 heteroatoms. The molecular formula is C14H11NO3. The first-order valence-corrected chi connectivity index (χ1v) is 5.50. The Morgan fingerprint density at radius 1 is 1.17 bits per heavy atom. The first-order chi connectivity index (χ1) is 8.70. The highest BCUT2D eigenvalue weighted by atomic mass is 16.5. The van der Waals surface area contributed by atoms with Gasteiger partial charge in [0.25, 0.3) is 5.91 Å². The lowest BCUT2D eigenvalue weighted by Gasteiger charge is -2.04. The van der Waals surface area contributed by atoms with Crippen LogP contribution in [0.15, 0.2) is 40.8 Å². The Morgan fingerprint density at radius 2 is 1.94 bits per heavy atom. The maximum absolute atomic E-state index is 11.3. The predicted octanol–water partition coefficient (Wildman–Crippen LogP) is 2.69. The van der Waals surface area contributed by atoms with Gasteiger partial charge in [0.05, 0.1) is 12.7 Å². The van der Waals surface area contributed by atoms with Crippen LogP contribution in [-0.2, 0) is 0 Å². The van der Waals surface area contributed by atoms with Crippen molar-refractivity contribution in [3.05, 3.63) is 42.0 Å². The van der Waals surface area contributed by atoms with Crippen LogP contribution in [0.2, 0.25) is 0 Å². The average molecular weight is 241 g/mol. The number of hydrogen-bond donors (Lipinski definition) is 1. The van der Waals surface area contributed by atoms with E-state index in [1.54, 1.807) is 12.1 Å². The molecule has 2 aromatic carbocycles. The van der Waals surface area contributed by atoms with Gasteiger partial charge in [0.1, 0.15) is 16.9 Å². The van der Waals surface area contributed by atoms with Crippen LogP contribution in [0.5, 0.6) is 5.75 Å². The minimum Gasteiger partial charge on any atom is -0.496 e. The zero-order valence-corrected chi connectivity index (χ0v) is 9.77. The van der Waals surface area contributed by atoms with Gasteiger partial charge in [0, 0.05) is 10.8 Å². The summed E-state index contributed by atoms with van der Waals surface area (Å²) in [5, 5.41) is 1.90. The molecule has 0 bridgehead atoms. The Kier molecular flexibility index (Phi) is 2.23. The summed E-state index contributed by atoms with van der Waals surface area (Å²) in [4.78, 5) is 11.3. The Bertz CT molecular complexity index is 758. The summed E-state index contributed by atoms with van der Waals surface area (Å²) in [7, 11) is 1.51. The van der Waals surface area contributed by atoms with Gasteiger partial charge in [-0.15, -0.1) is 0 Å². The first kappa shape index (κ1) is 10.7. The second-order valence-corrected chi connectivity index (χ2v) is 4.01. The molecule has 3 rings (SSSR count). The molecule has 1 amide bonds. The number of methoxy groups -OCH3 is 1. The van der Waals surface area contributed by atoms with Crippen molar-refractivity contribution in [3.8, 4) is 5.75 Å². The molecule has 0 aliphatic heterocycles. The van der Waals surface area contributed by atoms with E-state index in [4.69, 9.17) is 14.9 Å². The summed E-state index contributed by atoms with van der Waals surface area (Å²) in [6.45, 7) is 0. The molecule has 0 saturated heterocycles. The topological polar surface area (TPSA) is 65.5 Å². The molecule has 1 aromatic heterocycles. The summed E-state index contributed by atoms with van der Waals surface area (Å²) in [5.41, 5.74) is 7.04. The minimum atomic E-state index is -0.533. The third-order valence-corrected chi connectivity index (χ3v) is 2.96. The number of carbonyl (C=O) groups is 1. The van der Waals surface area contributed by atoms with Crippen molar-refractivity contribution >= 4 is 27.8 Å². The van der Waals surface area contributed by atoms with Crippen LogP contribution < -0.4 is 10.5 Å². The SMILES string of the molecule is COc1cc2c(cc1C(N)=O)oc1ccccc12. The molecule has 0 saturated carbocycles. The fraction of sp³-hybridized carbons (Fsp3) is 0.0714. The van der Waals surface area contributed by atoms with Crippen LogP contribution in [0.4, 0.5) is 0 Å². The number of carbonyl (C=O) groups excluding carboxylic acids is 1. The average Bonchev–Trinajstić information content (AvgIpc) is 2.74. The van der Waals surface area contributed by atoms with E-state index in [0.717, 1.165) is 16.4 Å². The number of para-hydroxylation sites is 1. The van der Waals surface area contributed by atoms with Crippen LogP contribution in [-0.4, -0.2) is 13.0 Å². The lowest BCUT2D eigenvalue weighted by Crippen LogP contribution is -2.12. The smallest absolute Gasteiger partial charge is 0.252 e. The molecule has 0 unspecified atom stereocenters. The van der Waals surface area contributed by atoms with Gasteiger partial charge in [-0.3, -0.25) is 4.79 Å². The number of rotatable bonds is 2. The summed E-state index contributed by atoms with van der Waals surface area (Å²) in [6.07, 6.45) is 0. The van der Waals surface area contributed by atoms with E-state index in [-0.39, 0.29) is 0 Å². The third kappa shape index (κ3) is 1.43. The van der Waals surface area contributed by atoms with Gasteiger partial charge in [-0.25, -0.2) is 0 Å². The van der Waals surface area contributed by atoms with E-state index in [2.05, 4.69) is 0 Å². The molecule has 0 spiro atoms. The van der Waals surface area contributed by atoms with E-state index < -0.39 is 5.91 Å². The number of nitrogens with two attached hydrogens (primary N) is 1. The van der Waals surface area contributed by atoms with Crippen molar-refractivity contribution in [1.29, 1.82) is 0 Å². The first-order valence-electron chi connectivity index (χ1n) is 5.50. The van der Waals surface area contributed by atoms with E-state index in [0.29, 0.717) is 16.9 Å². The van der Waals surface area contributed by atoms with Crippen molar-refractivity contribution in [2.75, 3.05) is 7.11 Å². The van der Waals surface area contributed by atoms with Crippen molar-refractivity contribution < 1.29 is 13.9 Å². The fourth-order valence-corrected chi connectivity index (χ4v) is 2.11. The number of hydrogen-bond acceptors (Lipinski definition) is 3. The highest BCUT2D eigenvalue weighted by molar-refractivity contribution is 6.08. The Balaban J connectivity index is 2.43. The second-order valence-electron chi connectivity index (χ2n) is 4.01. The number of primary amides is 1. The van der Waals surface area contributed by atoms with Crippen molar-refractivity contribution in [1.82, 2.24) is 0 Å². The largest absolute Gasteiger partial charge is 0.496 e. The van der Waals surface area contributed by atoms with Gasteiger partial charge in [-0.2, -0.15) is 0 Å². The van der Waals surface area contributed by atoms with E-state index in [1.165, 1.54) is 7.11 Å². The predicted molar refractivity (Wildman–Crippen MR) is 68.8 cm³/mol. The maximum Gasteiger partial charge on any atom is 0.252 e. The number of fused-ring (bicyclic) bond motifs is 3. The number of furan rings is 1. The molecule has 0 atom stereocenters. The number of amides is 1. The monoisotopic (exact) mass is 241 g/mol. The third-order valence-electron chi connectivity index (χ3n) is 2.96. The normalized spacial score (nSPS) is 10.9.